The van der Waals surface area contributed by atoms with Gasteiger partial charge in [-0.05, 0) is 30.7 Å². The molecule has 2 heterocycles. The number of carbonyl (C=O) groups excluding carboxylic acids is 2. The van der Waals surface area contributed by atoms with Crippen molar-refractivity contribution in [1.82, 2.24) is 15.1 Å². The summed E-state index contributed by atoms with van der Waals surface area (Å²) in [6, 6.07) is 7.41. The normalized spacial score (nSPS) is 27.5. The molecular formula is C17H22ClN3O2. The molecule has 0 unspecified atom stereocenters. The molecule has 1 aromatic carbocycles. The van der Waals surface area contributed by atoms with Crippen LogP contribution in [0.2, 0.25) is 5.02 Å². The Morgan fingerprint density at radius 3 is 2.87 bits per heavy atom. The van der Waals surface area contributed by atoms with Crippen LogP contribution in [-0.2, 0) is 9.59 Å². The molecule has 1 aromatic rings. The molecule has 0 spiro atoms. The highest BCUT2D eigenvalue weighted by Gasteiger charge is 2.44. The third kappa shape index (κ3) is 3.08. The maximum Gasteiger partial charge on any atom is 0.228 e. The first-order chi connectivity index (χ1) is 11.0. The fourth-order valence-electron chi connectivity index (χ4n) is 3.65. The first kappa shape index (κ1) is 16.3. The van der Waals surface area contributed by atoms with E-state index in [0.717, 1.165) is 25.1 Å². The summed E-state index contributed by atoms with van der Waals surface area (Å²) in [5, 5.41) is 3.90. The molecule has 0 saturated carbocycles. The monoisotopic (exact) mass is 335 g/mol. The number of hydrogen-bond donors (Lipinski definition) is 1. The van der Waals surface area contributed by atoms with E-state index < -0.39 is 0 Å². The van der Waals surface area contributed by atoms with Crippen molar-refractivity contribution in [3.63, 3.8) is 0 Å². The minimum atomic E-state index is -0.350. The van der Waals surface area contributed by atoms with Crippen molar-refractivity contribution in [3.8, 4) is 0 Å². The van der Waals surface area contributed by atoms with E-state index in [-0.39, 0.29) is 36.2 Å². The van der Waals surface area contributed by atoms with Crippen molar-refractivity contribution in [2.75, 3.05) is 27.2 Å². The third-order valence-electron chi connectivity index (χ3n) is 5.02. The molecule has 0 radical (unpaired) electrons. The zero-order valence-electron chi connectivity index (χ0n) is 13.5. The van der Waals surface area contributed by atoms with Gasteiger partial charge in [0.05, 0.1) is 12.0 Å². The van der Waals surface area contributed by atoms with Crippen LogP contribution in [0.1, 0.15) is 24.4 Å². The van der Waals surface area contributed by atoms with Gasteiger partial charge in [-0.25, -0.2) is 0 Å². The molecular weight excluding hydrogens is 314 g/mol. The number of benzene rings is 1. The van der Waals surface area contributed by atoms with Crippen LogP contribution in [0.15, 0.2) is 24.3 Å². The Balaban J connectivity index is 1.86. The SMILES string of the molecule is CN(C(=O)[C@@H]1CC(=O)N(C)[C@@H]1c1cccc(Cl)c1)[C@@H]1CCNC1. The van der Waals surface area contributed by atoms with E-state index in [0.29, 0.717) is 5.02 Å². The van der Waals surface area contributed by atoms with Gasteiger partial charge < -0.3 is 15.1 Å². The highest BCUT2D eigenvalue weighted by molar-refractivity contribution is 6.30. The predicted molar refractivity (Wildman–Crippen MR) is 89.1 cm³/mol. The van der Waals surface area contributed by atoms with E-state index in [9.17, 15) is 9.59 Å². The number of nitrogens with one attached hydrogen (secondary N) is 1. The fraction of sp³-hybridized carbons (Fsp3) is 0.529. The smallest absolute Gasteiger partial charge is 0.228 e. The standard InChI is InChI=1S/C17H22ClN3O2/c1-20(13-6-7-19-10-13)17(23)14-9-15(22)21(2)16(14)11-4-3-5-12(18)8-11/h3-5,8,13-14,16,19H,6-7,9-10H2,1-2H3/t13-,14-,16-/m1/s1. The van der Waals surface area contributed by atoms with Crippen LogP contribution in [0.3, 0.4) is 0 Å². The summed E-state index contributed by atoms with van der Waals surface area (Å²) in [6.45, 7) is 1.75. The molecule has 23 heavy (non-hydrogen) atoms. The minimum absolute atomic E-state index is 0.00581. The molecule has 2 aliphatic heterocycles. The van der Waals surface area contributed by atoms with Crippen LogP contribution < -0.4 is 5.32 Å². The van der Waals surface area contributed by atoms with Gasteiger partial charge in [-0.15, -0.1) is 0 Å². The summed E-state index contributed by atoms with van der Waals surface area (Å²) in [7, 11) is 3.61. The maximum atomic E-state index is 13.0. The van der Waals surface area contributed by atoms with Gasteiger partial charge >= 0.3 is 0 Å². The number of carbonyl (C=O) groups is 2. The molecule has 2 fully saturated rings. The second-order valence-electron chi connectivity index (χ2n) is 6.41. The number of rotatable bonds is 3. The van der Waals surface area contributed by atoms with Crippen LogP contribution in [0, 0.1) is 5.92 Å². The summed E-state index contributed by atoms with van der Waals surface area (Å²) < 4.78 is 0. The molecule has 3 rings (SSSR count). The van der Waals surface area contributed by atoms with Crippen molar-refractivity contribution < 1.29 is 9.59 Å². The van der Waals surface area contributed by atoms with Crippen LogP contribution in [0.25, 0.3) is 0 Å². The average Bonchev–Trinajstić information content (AvgIpc) is 3.15. The summed E-state index contributed by atoms with van der Waals surface area (Å²) in [5.41, 5.74) is 0.919. The molecule has 0 bridgehead atoms. The molecule has 2 aliphatic rings. The lowest BCUT2D eigenvalue weighted by atomic mass is 9.92. The number of amides is 2. The number of nitrogens with zero attached hydrogens (tertiary/aromatic N) is 2. The average molecular weight is 336 g/mol. The second kappa shape index (κ2) is 6.49. The van der Waals surface area contributed by atoms with Gasteiger partial charge in [-0.1, -0.05) is 23.7 Å². The third-order valence-corrected chi connectivity index (χ3v) is 5.26. The van der Waals surface area contributed by atoms with E-state index in [1.807, 2.05) is 30.1 Å². The van der Waals surface area contributed by atoms with Gasteiger partial charge in [0.1, 0.15) is 0 Å². The number of hydrogen-bond acceptors (Lipinski definition) is 3. The first-order valence-corrected chi connectivity index (χ1v) is 8.35. The molecule has 5 nitrogen and oxygen atoms in total. The largest absolute Gasteiger partial charge is 0.341 e. The molecule has 3 atom stereocenters. The number of halogens is 1. The Kier molecular flexibility index (Phi) is 4.60. The summed E-state index contributed by atoms with van der Waals surface area (Å²) in [5.74, 6) is -0.302. The van der Waals surface area contributed by atoms with Gasteiger partial charge in [-0.3, -0.25) is 9.59 Å². The second-order valence-corrected chi connectivity index (χ2v) is 6.85. The van der Waals surface area contributed by atoms with E-state index >= 15 is 0 Å². The van der Waals surface area contributed by atoms with Crippen molar-refractivity contribution in [2.45, 2.75) is 24.9 Å². The molecule has 6 heteroatoms. The summed E-state index contributed by atoms with van der Waals surface area (Å²) >= 11 is 6.09. The van der Waals surface area contributed by atoms with Crippen molar-refractivity contribution in [1.29, 1.82) is 0 Å². The van der Waals surface area contributed by atoms with Gasteiger partial charge in [-0.2, -0.15) is 0 Å². The van der Waals surface area contributed by atoms with Gasteiger partial charge in [0.15, 0.2) is 0 Å². The Hall–Kier alpha value is -1.59. The Morgan fingerprint density at radius 1 is 1.43 bits per heavy atom. The number of likely N-dealkylation sites (N-methyl/N-ethyl adjacent to an activating group) is 1. The quantitative estimate of drug-likeness (QED) is 0.914. The predicted octanol–water partition coefficient (Wildman–Crippen LogP) is 1.68. The van der Waals surface area contributed by atoms with Gasteiger partial charge in [0.2, 0.25) is 11.8 Å². The van der Waals surface area contributed by atoms with Crippen molar-refractivity contribution in [2.24, 2.45) is 5.92 Å². The summed E-state index contributed by atoms with van der Waals surface area (Å²) in [4.78, 5) is 28.7. The minimum Gasteiger partial charge on any atom is -0.341 e. The highest BCUT2D eigenvalue weighted by Crippen LogP contribution is 2.39. The van der Waals surface area contributed by atoms with E-state index in [1.54, 1.807) is 18.0 Å². The molecule has 2 amide bonds. The number of likely N-dealkylation sites (tertiary alicyclic amines) is 1. The lowest BCUT2D eigenvalue weighted by Gasteiger charge is -2.30. The van der Waals surface area contributed by atoms with Gasteiger partial charge in [0.25, 0.3) is 0 Å². The van der Waals surface area contributed by atoms with Crippen LogP contribution in [-0.4, -0.2) is 54.8 Å². The Labute approximate surface area is 141 Å². The molecule has 1 N–H and O–H groups in total. The van der Waals surface area contributed by atoms with E-state index in [4.69, 9.17) is 11.6 Å². The van der Waals surface area contributed by atoms with Crippen LogP contribution in [0.5, 0.6) is 0 Å². The van der Waals surface area contributed by atoms with E-state index in [2.05, 4.69) is 5.32 Å². The zero-order valence-corrected chi connectivity index (χ0v) is 14.2. The van der Waals surface area contributed by atoms with Crippen LogP contribution in [0.4, 0.5) is 0 Å². The van der Waals surface area contributed by atoms with Crippen LogP contribution >= 0.6 is 11.6 Å². The molecule has 0 aliphatic carbocycles. The lowest BCUT2D eigenvalue weighted by molar-refractivity contribution is -0.137. The van der Waals surface area contributed by atoms with Crippen molar-refractivity contribution in [3.05, 3.63) is 34.9 Å². The molecule has 0 aromatic heterocycles. The molecule has 2 saturated heterocycles. The summed E-state index contributed by atoms with van der Waals surface area (Å²) in [6.07, 6.45) is 1.22. The Bertz CT molecular complexity index is 616. The highest BCUT2D eigenvalue weighted by atomic mass is 35.5. The lowest BCUT2D eigenvalue weighted by Crippen LogP contribution is -2.43. The fourth-order valence-corrected chi connectivity index (χ4v) is 3.85. The zero-order chi connectivity index (χ0) is 16.6. The molecule has 124 valence electrons. The van der Waals surface area contributed by atoms with E-state index in [1.165, 1.54) is 0 Å². The topological polar surface area (TPSA) is 52.7 Å². The first-order valence-electron chi connectivity index (χ1n) is 7.97. The Morgan fingerprint density at radius 2 is 2.22 bits per heavy atom. The van der Waals surface area contributed by atoms with Crippen molar-refractivity contribution >= 4 is 23.4 Å². The van der Waals surface area contributed by atoms with Gasteiger partial charge in [0, 0.05) is 38.1 Å². The maximum absolute atomic E-state index is 13.0.